The van der Waals surface area contributed by atoms with E-state index in [-0.39, 0.29) is 17.2 Å². The summed E-state index contributed by atoms with van der Waals surface area (Å²) in [5.41, 5.74) is 1.68. The number of phenolic OH excluding ortho intramolecular Hbond substituents is 1. The van der Waals surface area contributed by atoms with E-state index >= 15 is 0 Å². The number of anilines is 3. The van der Waals surface area contributed by atoms with Crippen molar-refractivity contribution in [3.05, 3.63) is 46.9 Å². The van der Waals surface area contributed by atoms with Crippen LogP contribution in [0, 0.1) is 32.6 Å². The number of furan rings is 1. The molecular formula is C24H33N5O3S. The van der Waals surface area contributed by atoms with Crippen LogP contribution in [-0.4, -0.2) is 38.8 Å². The molecule has 0 fully saturated rings. The van der Waals surface area contributed by atoms with Gasteiger partial charge in [-0.05, 0) is 43.5 Å². The minimum atomic E-state index is -0.283. The zero-order chi connectivity index (χ0) is 25.1. The number of carbonyl (C=O) groups is 1. The van der Waals surface area contributed by atoms with Gasteiger partial charge >= 0.3 is 0 Å². The third kappa shape index (κ3) is 8.16. The lowest BCUT2D eigenvalue weighted by Gasteiger charge is -2.14. The second-order valence-corrected chi connectivity index (χ2v) is 8.55. The predicted octanol–water partition coefficient (Wildman–Crippen LogP) is 5.42. The third-order valence-corrected chi connectivity index (χ3v) is 4.59. The number of hydrogen-bond donors (Lipinski definition) is 3. The summed E-state index contributed by atoms with van der Waals surface area (Å²) in [5, 5.41) is 16.6. The van der Waals surface area contributed by atoms with Crippen molar-refractivity contribution in [1.29, 1.82) is 0 Å². The molecule has 2 aromatic heterocycles. The highest BCUT2D eigenvalue weighted by Gasteiger charge is 2.18. The summed E-state index contributed by atoms with van der Waals surface area (Å²) >= 11 is 1.04. The molecule has 9 heteroatoms. The quantitative estimate of drug-likeness (QED) is 0.326. The molecule has 0 atom stereocenters. The van der Waals surface area contributed by atoms with Gasteiger partial charge in [0.2, 0.25) is 0 Å². The van der Waals surface area contributed by atoms with Crippen molar-refractivity contribution < 1.29 is 14.3 Å². The molecule has 33 heavy (non-hydrogen) atoms. The predicted molar refractivity (Wildman–Crippen MR) is 135 cm³/mol. The number of nitrogens with one attached hydrogen (secondary N) is 2. The Bertz CT molecular complexity index is 1030. The molecule has 0 saturated heterocycles. The monoisotopic (exact) mass is 471 g/mol. The van der Waals surface area contributed by atoms with Crippen LogP contribution in [0.15, 0.2) is 28.7 Å². The first-order chi connectivity index (χ1) is 15.6. The standard InChI is InChI=1S/C18H21N5O3S.C4H10.C2H2/c1-10-8-12(26-11(10)2)9-19-16-17(22-27-21-16)20-14-7-5-6-13(15(14)24)18(25)23(3)4;1-4(2)3;1-2/h5-8,24H,9H2,1-4H3,(H,19,21)(H,20,22);4H,1-3H3;1-2H. The number of rotatable bonds is 6. The molecule has 0 aliphatic carbocycles. The van der Waals surface area contributed by atoms with Crippen molar-refractivity contribution >= 4 is 35.0 Å². The lowest BCUT2D eigenvalue weighted by Crippen LogP contribution is -2.21. The van der Waals surface area contributed by atoms with E-state index in [0.717, 1.165) is 34.7 Å². The second-order valence-electron chi connectivity index (χ2n) is 8.03. The molecule has 0 unspecified atom stereocenters. The number of aryl methyl sites for hydroxylation is 2. The maximum Gasteiger partial charge on any atom is 0.257 e. The second kappa shape index (κ2) is 13.1. The molecule has 0 spiro atoms. The minimum Gasteiger partial charge on any atom is -0.505 e. The van der Waals surface area contributed by atoms with E-state index in [4.69, 9.17) is 4.42 Å². The minimum absolute atomic E-state index is 0.132. The first-order valence-electron chi connectivity index (χ1n) is 10.4. The van der Waals surface area contributed by atoms with Crippen LogP contribution in [0.25, 0.3) is 0 Å². The van der Waals surface area contributed by atoms with Crippen molar-refractivity contribution in [3.8, 4) is 18.6 Å². The number of aromatic hydroxyl groups is 1. The SMILES string of the molecule is C#C.CC(C)C.Cc1cc(CNc2nsnc2Nc2cccc(C(=O)N(C)C)c2O)oc1C. The van der Waals surface area contributed by atoms with E-state index in [1.54, 1.807) is 32.3 Å². The van der Waals surface area contributed by atoms with Gasteiger partial charge in [0.25, 0.3) is 5.91 Å². The number of nitrogens with zero attached hydrogens (tertiary/aromatic N) is 3. The van der Waals surface area contributed by atoms with Crippen LogP contribution in [0.3, 0.4) is 0 Å². The number of benzene rings is 1. The number of phenols is 1. The number of para-hydroxylation sites is 1. The van der Waals surface area contributed by atoms with Crippen molar-refractivity contribution in [2.24, 2.45) is 5.92 Å². The summed E-state index contributed by atoms with van der Waals surface area (Å²) in [7, 11) is 3.26. The molecule has 0 aliphatic rings. The van der Waals surface area contributed by atoms with Crippen LogP contribution in [0.5, 0.6) is 5.75 Å². The molecule has 3 aromatic rings. The molecule has 0 bridgehead atoms. The van der Waals surface area contributed by atoms with Crippen LogP contribution >= 0.6 is 11.7 Å². The van der Waals surface area contributed by atoms with Gasteiger partial charge in [-0.25, -0.2) is 0 Å². The fourth-order valence-electron chi connectivity index (χ4n) is 2.48. The van der Waals surface area contributed by atoms with Crippen LogP contribution in [0.4, 0.5) is 17.3 Å². The Labute approximate surface area is 200 Å². The molecule has 0 radical (unpaired) electrons. The lowest BCUT2D eigenvalue weighted by atomic mass is 10.1. The first kappa shape index (κ1) is 27.5. The topological polar surface area (TPSA) is 104 Å². The van der Waals surface area contributed by atoms with Gasteiger partial charge in [-0.3, -0.25) is 4.79 Å². The van der Waals surface area contributed by atoms with Gasteiger partial charge in [-0.1, -0.05) is 26.8 Å². The smallest absolute Gasteiger partial charge is 0.257 e. The Morgan fingerprint density at radius 3 is 2.33 bits per heavy atom. The zero-order valence-electron chi connectivity index (χ0n) is 20.3. The average molecular weight is 472 g/mol. The van der Waals surface area contributed by atoms with E-state index < -0.39 is 0 Å². The Hall–Kier alpha value is -3.51. The average Bonchev–Trinajstić information content (AvgIpc) is 3.34. The molecular weight excluding hydrogens is 438 g/mol. The van der Waals surface area contributed by atoms with Crippen molar-refractivity contribution in [1.82, 2.24) is 13.6 Å². The Kier molecular flexibility index (Phi) is 11.0. The van der Waals surface area contributed by atoms with Gasteiger partial charge in [0.15, 0.2) is 17.4 Å². The highest BCUT2D eigenvalue weighted by molar-refractivity contribution is 6.99. The largest absolute Gasteiger partial charge is 0.505 e. The first-order valence-corrected chi connectivity index (χ1v) is 11.1. The summed E-state index contributed by atoms with van der Waals surface area (Å²) in [6, 6.07) is 6.91. The molecule has 3 rings (SSSR count). The molecule has 1 aromatic carbocycles. The number of amides is 1. The highest BCUT2D eigenvalue weighted by atomic mass is 32.1. The maximum absolute atomic E-state index is 12.2. The van der Waals surface area contributed by atoms with Crippen LogP contribution in [0.1, 0.15) is 48.2 Å². The number of hydrogen-bond acceptors (Lipinski definition) is 8. The van der Waals surface area contributed by atoms with E-state index in [9.17, 15) is 9.90 Å². The lowest BCUT2D eigenvalue weighted by molar-refractivity contribution is 0.0824. The molecule has 178 valence electrons. The van der Waals surface area contributed by atoms with E-state index in [0.29, 0.717) is 23.9 Å². The molecule has 8 nitrogen and oxygen atoms in total. The van der Waals surface area contributed by atoms with Crippen LogP contribution in [0.2, 0.25) is 0 Å². The number of terminal acetylenes is 1. The van der Waals surface area contributed by atoms with E-state index in [2.05, 4.69) is 53.0 Å². The van der Waals surface area contributed by atoms with Crippen LogP contribution in [-0.2, 0) is 6.54 Å². The van der Waals surface area contributed by atoms with Gasteiger partial charge < -0.3 is 25.1 Å². The number of aromatic nitrogens is 2. The Morgan fingerprint density at radius 2 is 1.79 bits per heavy atom. The normalized spacial score (nSPS) is 9.88. The third-order valence-electron chi connectivity index (χ3n) is 4.06. The molecule has 3 N–H and O–H groups in total. The number of carbonyl (C=O) groups excluding carboxylic acids is 1. The summed E-state index contributed by atoms with van der Waals surface area (Å²) in [6.07, 6.45) is 8.00. The van der Waals surface area contributed by atoms with Gasteiger partial charge in [0, 0.05) is 14.1 Å². The molecule has 0 aliphatic heterocycles. The Morgan fingerprint density at radius 1 is 1.18 bits per heavy atom. The van der Waals surface area contributed by atoms with Gasteiger partial charge in [0.05, 0.1) is 29.5 Å². The maximum atomic E-state index is 12.2. The summed E-state index contributed by atoms with van der Waals surface area (Å²) < 4.78 is 14.1. The fraction of sp³-hybridized carbons (Fsp3) is 0.375. The molecule has 0 saturated carbocycles. The summed E-state index contributed by atoms with van der Waals surface area (Å²) in [4.78, 5) is 13.6. The molecule has 2 heterocycles. The van der Waals surface area contributed by atoms with Crippen molar-refractivity contribution in [3.63, 3.8) is 0 Å². The van der Waals surface area contributed by atoms with E-state index in [1.807, 2.05) is 19.9 Å². The van der Waals surface area contributed by atoms with Crippen molar-refractivity contribution in [2.75, 3.05) is 24.7 Å². The van der Waals surface area contributed by atoms with Crippen molar-refractivity contribution in [2.45, 2.75) is 41.2 Å². The summed E-state index contributed by atoms with van der Waals surface area (Å²) in [5.74, 6) is 3.10. The molecule has 1 amide bonds. The fourth-order valence-corrected chi connectivity index (χ4v) is 2.97. The van der Waals surface area contributed by atoms with E-state index in [1.165, 1.54) is 4.90 Å². The summed E-state index contributed by atoms with van der Waals surface area (Å²) in [6.45, 7) is 10.9. The Balaban J connectivity index is 0.000000820. The van der Waals surface area contributed by atoms with Crippen LogP contribution < -0.4 is 10.6 Å². The van der Waals surface area contributed by atoms with Gasteiger partial charge in [0.1, 0.15) is 11.5 Å². The van der Waals surface area contributed by atoms with Gasteiger partial charge in [-0.2, -0.15) is 8.75 Å². The van der Waals surface area contributed by atoms with Gasteiger partial charge in [-0.15, -0.1) is 12.8 Å². The highest BCUT2D eigenvalue weighted by Crippen LogP contribution is 2.32. The zero-order valence-corrected chi connectivity index (χ0v) is 21.1.